The fourth-order valence-corrected chi connectivity index (χ4v) is 9.16. The highest BCUT2D eigenvalue weighted by molar-refractivity contribution is 5.93. The van der Waals surface area contributed by atoms with E-state index in [4.69, 9.17) is 18.9 Å². The van der Waals surface area contributed by atoms with E-state index in [-0.39, 0.29) is 18.3 Å². The van der Waals surface area contributed by atoms with E-state index in [0.29, 0.717) is 13.0 Å². The Kier molecular flexibility index (Phi) is 7.95. The van der Waals surface area contributed by atoms with Crippen LogP contribution < -0.4 is 5.32 Å². The van der Waals surface area contributed by atoms with Crippen molar-refractivity contribution in [2.45, 2.75) is 115 Å². The molecule has 1 unspecified atom stereocenters. The number of aliphatic hydroxyl groups is 1. The molecule has 232 valence electrons. The number of piperidine rings is 1. The molecule has 2 N–H and O–H groups in total. The quantitative estimate of drug-likeness (QED) is 0.460. The Labute approximate surface area is 245 Å². The van der Waals surface area contributed by atoms with Crippen molar-refractivity contribution < 1.29 is 33.6 Å². The molecule has 5 aliphatic rings. The monoisotopic (exact) mass is 577 g/mol. The van der Waals surface area contributed by atoms with Crippen LogP contribution in [0, 0.1) is 16.7 Å². The number of ether oxygens (including phenoxy) is 4. The summed E-state index contributed by atoms with van der Waals surface area (Å²) in [6.07, 6.45) is 2.56. The van der Waals surface area contributed by atoms with Crippen LogP contribution in [0.4, 0.5) is 4.79 Å². The van der Waals surface area contributed by atoms with Gasteiger partial charge in [-0.1, -0.05) is 33.3 Å². The molecule has 41 heavy (non-hydrogen) atoms. The number of hydrogen-bond acceptors (Lipinski definition) is 9. The van der Waals surface area contributed by atoms with Crippen molar-refractivity contribution in [3.63, 3.8) is 0 Å². The maximum absolute atomic E-state index is 14.7. The molecule has 10 nitrogen and oxygen atoms in total. The lowest BCUT2D eigenvalue weighted by atomic mass is 9.39. The maximum atomic E-state index is 14.7. The molecule has 3 saturated heterocycles. The Morgan fingerprint density at radius 1 is 1.20 bits per heavy atom. The Morgan fingerprint density at radius 2 is 1.88 bits per heavy atom. The van der Waals surface area contributed by atoms with Crippen LogP contribution in [0.3, 0.4) is 0 Å². The van der Waals surface area contributed by atoms with Crippen LogP contribution in [0.1, 0.15) is 73.1 Å². The van der Waals surface area contributed by atoms with Gasteiger partial charge in [-0.2, -0.15) is 0 Å². The molecule has 3 aliphatic heterocycles. The fourth-order valence-electron chi connectivity index (χ4n) is 9.16. The molecule has 1 spiro atoms. The standard InChI is InChI=1S/C31H51N3O7/c1-9-28(4)19-20(35)31-29(5)21(38-26(40-31)33(7)8)13-14-27(2,3)23(29)22(36)24(30(31,6)41-28)39-25(37)32-15-18-34-16-11-10-12-17-34/h9,21-24,26,36H,1,10-19H2,2-8H3,(H,32,37)/t21-,22-,23-,24-,26?,28-,29-,30+,31-/m0/s1. The lowest BCUT2D eigenvalue weighted by Crippen LogP contribution is -2.89. The van der Waals surface area contributed by atoms with Gasteiger partial charge in [-0.15, -0.1) is 6.58 Å². The van der Waals surface area contributed by atoms with Crippen LogP contribution in [0.15, 0.2) is 12.7 Å². The van der Waals surface area contributed by atoms with Gasteiger partial charge in [-0.3, -0.25) is 9.69 Å². The van der Waals surface area contributed by atoms with E-state index in [9.17, 15) is 14.7 Å². The molecule has 0 bridgehead atoms. The van der Waals surface area contributed by atoms with Gasteiger partial charge in [0.15, 0.2) is 17.5 Å². The smallest absolute Gasteiger partial charge is 0.407 e. The normalized spacial score (nSPS) is 45.9. The van der Waals surface area contributed by atoms with Crippen molar-refractivity contribution in [1.29, 1.82) is 0 Å². The summed E-state index contributed by atoms with van der Waals surface area (Å²) in [5.74, 6) is -0.623. The molecule has 9 atom stereocenters. The van der Waals surface area contributed by atoms with Crippen LogP contribution >= 0.6 is 0 Å². The number of nitrogens with one attached hydrogen (secondary N) is 1. The number of aliphatic hydroxyl groups excluding tert-OH is 1. The number of rotatable bonds is 6. The first kappa shape index (κ1) is 30.9. The Morgan fingerprint density at radius 3 is 2.51 bits per heavy atom. The minimum atomic E-state index is -1.55. The van der Waals surface area contributed by atoms with E-state index in [0.717, 1.165) is 26.1 Å². The highest BCUT2D eigenvalue weighted by Gasteiger charge is 2.84. The van der Waals surface area contributed by atoms with Crippen molar-refractivity contribution in [2.24, 2.45) is 16.7 Å². The number of hydrogen-bond donors (Lipinski definition) is 2. The van der Waals surface area contributed by atoms with Crippen molar-refractivity contribution >= 4 is 11.9 Å². The summed E-state index contributed by atoms with van der Waals surface area (Å²) < 4.78 is 26.3. The average molecular weight is 578 g/mol. The molecule has 5 rings (SSSR count). The zero-order valence-corrected chi connectivity index (χ0v) is 26.0. The van der Waals surface area contributed by atoms with Crippen molar-refractivity contribution in [3.8, 4) is 0 Å². The third-order valence-corrected chi connectivity index (χ3v) is 11.0. The zero-order chi connectivity index (χ0) is 30.0. The summed E-state index contributed by atoms with van der Waals surface area (Å²) in [5.41, 5.74) is -5.49. The summed E-state index contributed by atoms with van der Waals surface area (Å²) in [6.45, 7) is 16.9. The average Bonchev–Trinajstić information content (AvgIpc) is 2.89. The Bertz CT molecular complexity index is 1050. The third kappa shape index (κ3) is 4.59. The van der Waals surface area contributed by atoms with Gasteiger partial charge in [0.05, 0.1) is 17.8 Å². The molecule has 3 heterocycles. The summed E-state index contributed by atoms with van der Waals surface area (Å²) in [7, 11) is 3.68. The summed E-state index contributed by atoms with van der Waals surface area (Å²) in [6, 6.07) is 0. The molecular weight excluding hydrogens is 526 g/mol. The predicted octanol–water partition coefficient (Wildman–Crippen LogP) is 3.08. The zero-order valence-electron chi connectivity index (χ0n) is 26.0. The van der Waals surface area contributed by atoms with Crippen LogP contribution in [0.25, 0.3) is 0 Å². The highest BCUT2D eigenvalue weighted by atomic mass is 16.7. The van der Waals surface area contributed by atoms with Crippen LogP contribution in [-0.4, -0.2) is 109 Å². The van der Waals surface area contributed by atoms with Crippen LogP contribution in [-0.2, 0) is 23.7 Å². The van der Waals surface area contributed by atoms with Gasteiger partial charge < -0.3 is 34.3 Å². The highest BCUT2D eigenvalue weighted by Crippen LogP contribution is 2.70. The number of Topliss-reactive ketones (excluding diaryl/α,β-unsaturated/α-hetero) is 1. The Hall–Kier alpha value is -1.56. The van der Waals surface area contributed by atoms with Crippen molar-refractivity contribution in [3.05, 3.63) is 12.7 Å². The van der Waals surface area contributed by atoms with E-state index in [1.165, 1.54) is 19.3 Å². The number of likely N-dealkylation sites (tertiary alicyclic amines) is 1. The summed E-state index contributed by atoms with van der Waals surface area (Å²) in [5, 5.41) is 15.1. The molecular formula is C31H51N3O7. The molecule has 0 aromatic carbocycles. The SMILES string of the molecule is C=C[C@@]1(C)CC(=O)[C@@]23OC(N(C)C)O[C@H]4CCC(C)(C)[C@H]([C@H](O)[C@H](OC(=O)NCCN5CCCCC5)[C@@]2(C)O1)[C@]43C. The molecule has 5 fully saturated rings. The molecule has 0 aromatic heterocycles. The second-order valence-electron chi connectivity index (χ2n) is 14.5. The number of carbonyl (C=O) groups excluding carboxylic acids is 2. The Balaban J connectivity index is 1.56. The van der Waals surface area contributed by atoms with Crippen LogP contribution in [0.5, 0.6) is 0 Å². The second-order valence-corrected chi connectivity index (χ2v) is 14.5. The number of amides is 1. The lowest BCUT2D eigenvalue weighted by Gasteiger charge is -2.74. The minimum absolute atomic E-state index is 0.0482. The first-order valence-corrected chi connectivity index (χ1v) is 15.4. The first-order chi connectivity index (χ1) is 19.1. The predicted molar refractivity (Wildman–Crippen MR) is 153 cm³/mol. The molecule has 0 radical (unpaired) electrons. The van der Waals surface area contributed by atoms with Gasteiger partial charge in [0.2, 0.25) is 6.41 Å². The van der Waals surface area contributed by atoms with E-state index < -0.39 is 58.3 Å². The van der Waals surface area contributed by atoms with E-state index >= 15 is 0 Å². The van der Waals surface area contributed by atoms with Crippen LogP contribution in [0.2, 0.25) is 0 Å². The molecule has 0 aromatic rings. The lowest BCUT2D eigenvalue weighted by molar-refractivity contribution is -0.456. The topological polar surface area (TPSA) is 110 Å². The van der Waals surface area contributed by atoms with Gasteiger partial charge >= 0.3 is 6.09 Å². The van der Waals surface area contributed by atoms with E-state index in [2.05, 4.69) is 30.6 Å². The largest absolute Gasteiger partial charge is 0.440 e. The molecule has 2 saturated carbocycles. The summed E-state index contributed by atoms with van der Waals surface area (Å²) in [4.78, 5) is 32.2. The maximum Gasteiger partial charge on any atom is 0.407 e. The van der Waals surface area contributed by atoms with Gasteiger partial charge in [0, 0.05) is 30.8 Å². The second kappa shape index (κ2) is 10.6. The molecule has 1 amide bonds. The fraction of sp³-hybridized carbons (Fsp3) is 0.871. The minimum Gasteiger partial charge on any atom is -0.440 e. The number of ketones is 1. The van der Waals surface area contributed by atoms with Gasteiger partial charge in [0.1, 0.15) is 5.60 Å². The number of carbonyl (C=O) groups is 2. The number of alkyl carbamates (subject to hydrolysis) is 1. The van der Waals surface area contributed by atoms with E-state index in [1.54, 1.807) is 24.8 Å². The number of nitrogens with zero attached hydrogens (tertiary/aromatic N) is 2. The van der Waals surface area contributed by atoms with Crippen molar-refractivity contribution in [1.82, 2.24) is 15.1 Å². The van der Waals surface area contributed by atoms with E-state index in [1.807, 2.05) is 21.0 Å². The molecule has 2 aliphatic carbocycles. The molecule has 10 heteroatoms. The van der Waals surface area contributed by atoms with Gasteiger partial charge in [-0.05, 0) is 72.1 Å². The van der Waals surface area contributed by atoms with Gasteiger partial charge in [0.25, 0.3) is 0 Å². The first-order valence-electron chi connectivity index (χ1n) is 15.4. The summed E-state index contributed by atoms with van der Waals surface area (Å²) >= 11 is 0. The van der Waals surface area contributed by atoms with Gasteiger partial charge in [-0.25, -0.2) is 4.79 Å². The third-order valence-electron chi connectivity index (χ3n) is 11.0. The van der Waals surface area contributed by atoms with Crippen molar-refractivity contribution in [2.75, 3.05) is 40.3 Å².